The van der Waals surface area contributed by atoms with Crippen molar-refractivity contribution in [1.29, 1.82) is 0 Å². The summed E-state index contributed by atoms with van der Waals surface area (Å²) < 4.78 is 5.88. The number of ether oxygens (including phenoxy) is 1. The average Bonchev–Trinajstić information content (AvgIpc) is 2.64. The van der Waals surface area contributed by atoms with E-state index in [4.69, 9.17) is 9.73 Å². The Morgan fingerprint density at radius 1 is 1.21 bits per heavy atom. The van der Waals surface area contributed by atoms with Crippen LogP contribution in [0, 0.1) is 5.92 Å². The molecule has 0 saturated heterocycles. The fourth-order valence-corrected chi connectivity index (χ4v) is 2.53. The average molecular weight is 322 g/mol. The highest BCUT2D eigenvalue weighted by Crippen LogP contribution is 2.20. The third-order valence-corrected chi connectivity index (χ3v) is 3.88. The van der Waals surface area contributed by atoms with E-state index in [0.717, 1.165) is 23.6 Å². The molecule has 0 amide bonds. The lowest BCUT2D eigenvalue weighted by Crippen LogP contribution is -2.34. The lowest BCUT2D eigenvalue weighted by molar-refractivity contribution is 0.106. The van der Waals surface area contributed by atoms with E-state index in [-0.39, 0.29) is 12.0 Å². The van der Waals surface area contributed by atoms with E-state index in [0.29, 0.717) is 13.2 Å². The van der Waals surface area contributed by atoms with Gasteiger partial charge < -0.3 is 10.1 Å². The van der Waals surface area contributed by atoms with Crippen molar-refractivity contribution >= 4 is 12.2 Å². The fourth-order valence-electron chi connectivity index (χ4n) is 2.53. The Labute approximate surface area is 142 Å². The molecule has 2 unspecified atom stereocenters. The Bertz CT molecular complexity index is 685. The van der Waals surface area contributed by atoms with Crippen LogP contribution >= 0.6 is 0 Å². The number of hydrogen-bond donors (Lipinski definition) is 1. The molecule has 1 aliphatic rings. The predicted octanol–water partition coefficient (Wildman–Crippen LogP) is 3.01. The van der Waals surface area contributed by atoms with Crippen LogP contribution in [-0.4, -0.2) is 30.3 Å². The lowest BCUT2D eigenvalue weighted by Gasteiger charge is -2.21. The highest BCUT2D eigenvalue weighted by Gasteiger charge is 2.17. The minimum atomic E-state index is -0.0497. The number of nitrogens with one attached hydrogen (secondary N) is 1. The predicted molar refractivity (Wildman–Crippen MR) is 96.2 cm³/mol. The topological polar surface area (TPSA) is 58.9 Å². The van der Waals surface area contributed by atoms with Crippen LogP contribution in [0.1, 0.15) is 24.2 Å². The Morgan fingerprint density at radius 2 is 2.04 bits per heavy atom. The third-order valence-electron chi connectivity index (χ3n) is 3.88. The quantitative estimate of drug-likeness (QED) is 0.889. The number of aliphatic imine (C=N–C) groups is 2. The maximum Gasteiger partial charge on any atom is 0.107 e. The highest BCUT2D eigenvalue weighted by molar-refractivity contribution is 5.95. The van der Waals surface area contributed by atoms with Crippen LogP contribution in [-0.2, 0) is 11.3 Å². The number of rotatable bonds is 6. The van der Waals surface area contributed by atoms with Gasteiger partial charge in [-0.1, -0.05) is 43.3 Å². The minimum absolute atomic E-state index is 0.0497. The van der Waals surface area contributed by atoms with Crippen molar-refractivity contribution in [3.05, 3.63) is 66.0 Å². The summed E-state index contributed by atoms with van der Waals surface area (Å²) in [5, 5.41) is 3.17. The van der Waals surface area contributed by atoms with Crippen molar-refractivity contribution < 1.29 is 4.74 Å². The van der Waals surface area contributed by atoms with Crippen LogP contribution in [0.4, 0.5) is 0 Å². The van der Waals surface area contributed by atoms with Gasteiger partial charge >= 0.3 is 0 Å². The van der Waals surface area contributed by atoms with Crippen molar-refractivity contribution in [2.45, 2.75) is 19.6 Å². The summed E-state index contributed by atoms with van der Waals surface area (Å²) >= 11 is 0. The van der Waals surface area contributed by atoms with E-state index < -0.39 is 0 Å². The van der Waals surface area contributed by atoms with Gasteiger partial charge in [-0.05, 0) is 17.7 Å². The lowest BCUT2D eigenvalue weighted by atomic mass is 10.1. The first-order chi connectivity index (χ1) is 11.8. The van der Waals surface area contributed by atoms with Gasteiger partial charge in [0.05, 0.1) is 31.8 Å². The summed E-state index contributed by atoms with van der Waals surface area (Å²) in [6.07, 6.45) is 3.50. The van der Waals surface area contributed by atoms with Crippen LogP contribution in [0.2, 0.25) is 0 Å². The molecular weight excluding hydrogens is 300 g/mol. The molecule has 24 heavy (non-hydrogen) atoms. The Balaban J connectivity index is 1.70. The van der Waals surface area contributed by atoms with Crippen molar-refractivity contribution in [2.24, 2.45) is 15.9 Å². The van der Waals surface area contributed by atoms with E-state index in [9.17, 15) is 0 Å². The van der Waals surface area contributed by atoms with Crippen molar-refractivity contribution in [1.82, 2.24) is 10.3 Å². The van der Waals surface area contributed by atoms with Crippen LogP contribution < -0.4 is 5.32 Å². The van der Waals surface area contributed by atoms with E-state index >= 15 is 0 Å². The van der Waals surface area contributed by atoms with Crippen LogP contribution in [0.25, 0.3) is 0 Å². The molecular formula is C19H22N4O. The fraction of sp³-hybridized carbons (Fsp3) is 0.316. The van der Waals surface area contributed by atoms with Gasteiger partial charge in [-0.2, -0.15) is 0 Å². The third kappa shape index (κ3) is 4.49. The molecule has 5 heteroatoms. The van der Waals surface area contributed by atoms with Crippen LogP contribution in [0.15, 0.2) is 64.7 Å². The molecule has 2 aromatic rings. The van der Waals surface area contributed by atoms with Gasteiger partial charge in [0, 0.05) is 12.1 Å². The summed E-state index contributed by atoms with van der Waals surface area (Å²) in [5.74, 6) is 1.25. The molecule has 2 atom stereocenters. The number of pyridine rings is 1. The maximum absolute atomic E-state index is 5.88. The molecule has 1 aromatic carbocycles. The van der Waals surface area contributed by atoms with Crippen LogP contribution in [0.5, 0.6) is 0 Å². The number of nitrogens with zero attached hydrogens (tertiary/aromatic N) is 3. The molecule has 1 aliphatic heterocycles. The van der Waals surface area contributed by atoms with Gasteiger partial charge in [-0.15, -0.1) is 0 Å². The second kappa shape index (κ2) is 8.36. The van der Waals surface area contributed by atoms with Gasteiger partial charge in [-0.25, -0.2) is 0 Å². The van der Waals surface area contributed by atoms with E-state index in [1.165, 1.54) is 0 Å². The largest absolute Gasteiger partial charge is 0.373 e. The van der Waals surface area contributed by atoms with Crippen LogP contribution in [0.3, 0.4) is 0 Å². The molecule has 1 aromatic heterocycles. The van der Waals surface area contributed by atoms with Gasteiger partial charge in [0.25, 0.3) is 0 Å². The Kier molecular flexibility index (Phi) is 5.69. The van der Waals surface area contributed by atoms with Crippen molar-refractivity contribution in [3.8, 4) is 0 Å². The smallest absolute Gasteiger partial charge is 0.107 e. The SMILES string of the molecule is CC1CN=CNC1=NC(COCc1ccccn1)c1ccccc1. The molecule has 0 fully saturated rings. The van der Waals surface area contributed by atoms with E-state index in [1.54, 1.807) is 12.5 Å². The number of amidine groups is 1. The second-order valence-electron chi connectivity index (χ2n) is 5.82. The molecule has 0 aliphatic carbocycles. The standard InChI is InChI=1S/C19H22N4O/c1-15-11-20-14-22-19(15)23-18(16-7-3-2-4-8-16)13-24-12-17-9-5-6-10-21-17/h2-10,14-15,18H,11-13H2,1H3,(H,20,22,23). The normalized spacial score (nSPS) is 19.9. The maximum atomic E-state index is 5.88. The molecule has 0 bridgehead atoms. The zero-order valence-electron chi connectivity index (χ0n) is 13.8. The summed E-state index contributed by atoms with van der Waals surface area (Å²) in [4.78, 5) is 13.4. The van der Waals surface area contributed by atoms with E-state index in [1.807, 2.05) is 36.4 Å². The molecule has 0 radical (unpaired) electrons. The first-order valence-corrected chi connectivity index (χ1v) is 8.18. The summed E-state index contributed by atoms with van der Waals surface area (Å²) in [5.41, 5.74) is 2.07. The summed E-state index contributed by atoms with van der Waals surface area (Å²) in [6.45, 7) is 3.89. The Morgan fingerprint density at radius 3 is 2.79 bits per heavy atom. The number of hydrogen-bond acceptors (Lipinski definition) is 4. The second-order valence-corrected chi connectivity index (χ2v) is 5.82. The summed E-state index contributed by atoms with van der Waals surface area (Å²) in [7, 11) is 0. The molecule has 3 rings (SSSR count). The van der Waals surface area contributed by atoms with Crippen molar-refractivity contribution in [3.63, 3.8) is 0 Å². The first kappa shape index (κ1) is 16.3. The number of aromatic nitrogens is 1. The monoisotopic (exact) mass is 322 g/mol. The van der Waals surface area contributed by atoms with E-state index in [2.05, 4.69) is 34.3 Å². The molecule has 0 saturated carbocycles. The van der Waals surface area contributed by atoms with Gasteiger partial charge in [-0.3, -0.25) is 15.0 Å². The molecule has 0 spiro atoms. The highest BCUT2D eigenvalue weighted by atomic mass is 16.5. The number of benzene rings is 1. The minimum Gasteiger partial charge on any atom is -0.373 e. The van der Waals surface area contributed by atoms with Gasteiger partial charge in [0.15, 0.2) is 0 Å². The zero-order chi connectivity index (χ0) is 16.6. The molecule has 1 N–H and O–H groups in total. The molecule has 5 nitrogen and oxygen atoms in total. The molecule has 124 valence electrons. The van der Waals surface area contributed by atoms with Crippen molar-refractivity contribution in [2.75, 3.05) is 13.2 Å². The molecule has 2 heterocycles. The summed E-state index contributed by atoms with van der Waals surface area (Å²) in [6, 6.07) is 16.0. The van der Waals surface area contributed by atoms with Gasteiger partial charge in [0.2, 0.25) is 0 Å². The first-order valence-electron chi connectivity index (χ1n) is 8.18. The van der Waals surface area contributed by atoms with Gasteiger partial charge in [0.1, 0.15) is 11.9 Å². The zero-order valence-corrected chi connectivity index (χ0v) is 13.8. The Hall–Kier alpha value is -2.53.